The number of benzene rings is 2. The second-order valence-corrected chi connectivity index (χ2v) is 7.52. The van der Waals surface area contributed by atoms with Crippen LogP contribution in [0.2, 0.25) is 0 Å². The highest BCUT2D eigenvalue weighted by Crippen LogP contribution is 2.15. The smallest absolute Gasteiger partial charge is 0.337 e. The van der Waals surface area contributed by atoms with Gasteiger partial charge >= 0.3 is 5.97 Å². The Morgan fingerprint density at radius 2 is 1.68 bits per heavy atom. The molecule has 0 heterocycles. The first-order valence-corrected chi connectivity index (χ1v) is 9.06. The first-order chi connectivity index (χ1) is 10.4. The van der Waals surface area contributed by atoms with E-state index in [9.17, 15) is 13.2 Å². The fraction of sp³-hybridized carbons (Fsp3) is 0.133. The molecule has 7 heteroatoms. The molecule has 0 aliphatic heterocycles. The molecular weight excluding hydrogens is 417 g/mol. The lowest BCUT2D eigenvalue weighted by Gasteiger charge is -2.08. The van der Waals surface area contributed by atoms with Gasteiger partial charge in [0.1, 0.15) is 0 Å². The van der Waals surface area contributed by atoms with Crippen LogP contribution in [0.4, 0.5) is 5.69 Å². The molecule has 0 aliphatic rings. The minimum Gasteiger partial charge on any atom is -0.465 e. The van der Waals surface area contributed by atoms with Crippen LogP contribution in [0, 0.1) is 3.57 Å². The number of esters is 1. The summed E-state index contributed by atoms with van der Waals surface area (Å²) in [6.07, 6.45) is 0. The summed E-state index contributed by atoms with van der Waals surface area (Å²) in [5.41, 5.74) is 1.49. The van der Waals surface area contributed by atoms with Gasteiger partial charge in [0.25, 0.3) is 0 Å². The number of methoxy groups -OCH3 is 1. The lowest BCUT2D eigenvalue weighted by Crippen LogP contribution is -2.15. The van der Waals surface area contributed by atoms with Crippen molar-refractivity contribution in [2.75, 3.05) is 11.8 Å². The van der Waals surface area contributed by atoms with Gasteiger partial charge in [0, 0.05) is 9.26 Å². The topological polar surface area (TPSA) is 72.5 Å². The SMILES string of the molecule is COC(=O)c1ccc(CS(=O)(=O)Nc2ccc(I)cc2)cc1. The van der Waals surface area contributed by atoms with Crippen LogP contribution in [-0.4, -0.2) is 21.5 Å². The zero-order chi connectivity index (χ0) is 16.2. The van der Waals surface area contributed by atoms with Gasteiger partial charge in [-0.3, -0.25) is 4.72 Å². The number of carbonyl (C=O) groups excluding carboxylic acids is 1. The Labute approximate surface area is 142 Å². The molecular formula is C15H14INO4S. The van der Waals surface area contributed by atoms with Crippen molar-refractivity contribution >= 4 is 44.3 Å². The number of nitrogens with one attached hydrogen (secondary N) is 1. The van der Waals surface area contributed by atoms with E-state index in [1.54, 1.807) is 36.4 Å². The van der Waals surface area contributed by atoms with E-state index < -0.39 is 16.0 Å². The molecule has 0 atom stereocenters. The fourth-order valence-electron chi connectivity index (χ4n) is 1.81. The second-order valence-electron chi connectivity index (χ2n) is 4.56. The average Bonchev–Trinajstić information content (AvgIpc) is 2.49. The third-order valence-corrected chi connectivity index (χ3v) is 4.83. The Hall–Kier alpha value is -1.61. The molecule has 0 spiro atoms. The molecule has 0 amide bonds. The first kappa shape index (κ1) is 16.8. The molecule has 0 aliphatic carbocycles. The number of halogens is 1. The summed E-state index contributed by atoms with van der Waals surface area (Å²) in [6, 6.07) is 13.3. The highest BCUT2D eigenvalue weighted by molar-refractivity contribution is 14.1. The van der Waals surface area contributed by atoms with Gasteiger partial charge in [-0.15, -0.1) is 0 Å². The normalized spacial score (nSPS) is 11.0. The van der Waals surface area contributed by atoms with Gasteiger partial charge < -0.3 is 4.74 Å². The standard InChI is InChI=1S/C15H14INO4S/c1-21-15(18)12-4-2-11(3-5-12)10-22(19,20)17-14-8-6-13(16)7-9-14/h2-9,17H,10H2,1H3. The summed E-state index contributed by atoms with van der Waals surface area (Å²) in [7, 11) is -2.21. The first-order valence-electron chi connectivity index (χ1n) is 6.33. The van der Waals surface area contributed by atoms with Crippen molar-refractivity contribution in [1.29, 1.82) is 0 Å². The molecule has 0 fully saturated rings. The third-order valence-electron chi connectivity index (χ3n) is 2.85. The quantitative estimate of drug-likeness (QED) is 0.584. The molecule has 2 rings (SSSR count). The zero-order valence-corrected chi connectivity index (χ0v) is 14.7. The van der Waals surface area contributed by atoms with E-state index in [0.29, 0.717) is 16.8 Å². The van der Waals surface area contributed by atoms with Gasteiger partial charge in [0.05, 0.1) is 18.4 Å². The monoisotopic (exact) mass is 431 g/mol. The summed E-state index contributed by atoms with van der Waals surface area (Å²) < 4.78 is 32.4. The fourth-order valence-corrected chi connectivity index (χ4v) is 3.37. The maximum absolute atomic E-state index is 12.1. The van der Waals surface area contributed by atoms with Gasteiger partial charge in [0.2, 0.25) is 10.0 Å². The molecule has 0 radical (unpaired) electrons. The number of sulfonamides is 1. The highest BCUT2D eigenvalue weighted by atomic mass is 127. The van der Waals surface area contributed by atoms with Crippen molar-refractivity contribution in [3.63, 3.8) is 0 Å². The molecule has 22 heavy (non-hydrogen) atoms. The number of anilines is 1. The Kier molecular flexibility index (Phi) is 5.41. The minimum atomic E-state index is -3.51. The molecule has 1 N–H and O–H groups in total. The van der Waals surface area contributed by atoms with Crippen molar-refractivity contribution in [3.8, 4) is 0 Å². The van der Waals surface area contributed by atoms with Crippen LogP contribution in [0.5, 0.6) is 0 Å². The van der Waals surface area contributed by atoms with E-state index in [4.69, 9.17) is 0 Å². The van der Waals surface area contributed by atoms with Gasteiger partial charge in [-0.1, -0.05) is 12.1 Å². The summed E-state index contributed by atoms with van der Waals surface area (Å²) in [4.78, 5) is 11.3. The number of hydrogen-bond donors (Lipinski definition) is 1. The zero-order valence-electron chi connectivity index (χ0n) is 11.7. The lowest BCUT2D eigenvalue weighted by molar-refractivity contribution is 0.0600. The van der Waals surface area contributed by atoms with Crippen molar-refractivity contribution in [2.24, 2.45) is 0 Å². The van der Waals surface area contributed by atoms with E-state index in [-0.39, 0.29) is 5.75 Å². The van der Waals surface area contributed by atoms with E-state index in [1.165, 1.54) is 7.11 Å². The Morgan fingerprint density at radius 3 is 2.23 bits per heavy atom. The van der Waals surface area contributed by atoms with Crippen molar-refractivity contribution in [2.45, 2.75) is 5.75 Å². The van der Waals surface area contributed by atoms with Gasteiger partial charge in [-0.2, -0.15) is 0 Å². The predicted octanol–water partition coefficient (Wildman–Crippen LogP) is 3.02. The van der Waals surface area contributed by atoms with Crippen molar-refractivity contribution in [1.82, 2.24) is 0 Å². The number of hydrogen-bond acceptors (Lipinski definition) is 4. The largest absolute Gasteiger partial charge is 0.465 e. The van der Waals surface area contributed by atoms with Crippen molar-refractivity contribution < 1.29 is 17.9 Å². The summed E-state index contributed by atoms with van der Waals surface area (Å²) in [5.74, 6) is -0.619. The summed E-state index contributed by atoms with van der Waals surface area (Å²) in [5, 5.41) is 0. The van der Waals surface area contributed by atoms with Crippen LogP contribution in [0.25, 0.3) is 0 Å². The lowest BCUT2D eigenvalue weighted by atomic mass is 10.1. The van der Waals surface area contributed by atoms with E-state index >= 15 is 0 Å². The molecule has 0 aromatic heterocycles. The number of ether oxygens (including phenoxy) is 1. The molecule has 0 saturated heterocycles. The van der Waals surface area contributed by atoms with Crippen LogP contribution >= 0.6 is 22.6 Å². The van der Waals surface area contributed by atoms with Crippen LogP contribution < -0.4 is 4.72 Å². The second kappa shape index (κ2) is 7.10. The predicted molar refractivity (Wildman–Crippen MR) is 93.2 cm³/mol. The van der Waals surface area contributed by atoms with E-state index in [2.05, 4.69) is 32.0 Å². The maximum Gasteiger partial charge on any atom is 0.337 e. The Morgan fingerprint density at radius 1 is 1.09 bits per heavy atom. The van der Waals surface area contributed by atoms with Crippen LogP contribution in [0.15, 0.2) is 48.5 Å². The van der Waals surface area contributed by atoms with Crippen LogP contribution in [-0.2, 0) is 20.5 Å². The van der Waals surface area contributed by atoms with Gasteiger partial charge in [0.15, 0.2) is 0 Å². The maximum atomic E-state index is 12.1. The summed E-state index contributed by atoms with van der Waals surface area (Å²) in [6.45, 7) is 0. The molecule has 2 aromatic carbocycles. The molecule has 116 valence electrons. The molecule has 0 unspecified atom stereocenters. The molecule has 0 bridgehead atoms. The Bertz CT molecular complexity index is 755. The van der Waals surface area contributed by atoms with Crippen LogP contribution in [0.3, 0.4) is 0 Å². The third kappa shape index (κ3) is 4.70. The van der Waals surface area contributed by atoms with Gasteiger partial charge in [-0.05, 0) is 64.6 Å². The Balaban J connectivity index is 2.08. The average molecular weight is 431 g/mol. The molecule has 2 aromatic rings. The van der Waals surface area contributed by atoms with E-state index in [1.807, 2.05) is 12.1 Å². The van der Waals surface area contributed by atoms with E-state index in [0.717, 1.165) is 3.57 Å². The number of carbonyl (C=O) groups is 1. The summed E-state index contributed by atoms with van der Waals surface area (Å²) >= 11 is 2.15. The molecule has 0 saturated carbocycles. The number of rotatable bonds is 5. The van der Waals surface area contributed by atoms with Gasteiger partial charge in [-0.25, -0.2) is 13.2 Å². The van der Waals surface area contributed by atoms with Crippen LogP contribution in [0.1, 0.15) is 15.9 Å². The van der Waals surface area contributed by atoms with Crippen molar-refractivity contribution in [3.05, 3.63) is 63.2 Å². The molecule has 5 nitrogen and oxygen atoms in total. The minimum absolute atomic E-state index is 0.166. The highest BCUT2D eigenvalue weighted by Gasteiger charge is 2.13.